The predicted octanol–water partition coefficient (Wildman–Crippen LogP) is 0.587. The van der Waals surface area contributed by atoms with Gasteiger partial charge >= 0.3 is 0 Å². The van der Waals surface area contributed by atoms with Crippen molar-refractivity contribution in [3.8, 4) is 0 Å². The van der Waals surface area contributed by atoms with Crippen LogP contribution in [0.2, 0.25) is 0 Å². The van der Waals surface area contributed by atoms with Crippen LogP contribution < -0.4 is 5.32 Å². The first-order chi connectivity index (χ1) is 6.22. The predicted molar refractivity (Wildman–Crippen MR) is 49.2 cm³/mol. The largest absolute Gasteiger partial charge is 0.356 e. The minimum absolute atomic E-state index is 0.0155. The summed E-state index contributed by atoms with van der Waals surface area (Å²) in [6, 6.07) is 0. The number of hydrogen-bond donors (Lipinski definition) is 2. The van der Waals surface area contributed by atoms with Gasteiger partial charge in [-0.3, -0.25) is 4.79 Å². The third kappa shape index (κ3) is 3.27. The van der Waals surface area contributed by atoms with Crippen LogP contribution in [0.15, 0.2) is 0 Å². The molecule has 4 heteroatoms. The van der Waals surface area contributed by atoms with Crippen molar-refractivity contribution in [3.05, 3.63) is 17.7 Å². The normalized spacial score (nSPS) is 10.0. The van der Waals surface area contributed by atoms with Crippen LogP contribution in [-0.4, -0.2) is 22.4 Å². The molecule has 0 saturated heterocycles. The molecule has 0 aliphatic rings. The number of carbonyl (C=O) groups is 1. The lowest BCUT2D eigenvalue weighted by Gasteiger charge is -2.00. The van der Waals surface area contributed by atoms with E-state index in [-0.39, 0.29) is 5.91 Å². The number of aromatic nitrogens is 2. The van der Waals surface area contributed by atoms with Gasteiger partial charge in [0.1, 0.15) is 12.0 Å². The standard InChI is InChI=1S/C9H14N3O/c1-3-4-10-9(13)5-8-6-11-7(2)12-8/h3-5H2,1-2H3,(H,10,13)(H,11,12). The molecule has 1 radical (unpaired) electrons. The number of aryl methyl sites for hydroxylation is 1. The van der Waals surface area contributed by atoms with E-state index in [1.165, 1.54) is 0 Å². The van der Waals surface area contributed by atoms with E-state index in [2.05, 4.69) is 21.5 Å². The average Bonchev–Trinajstić information content (AvgIpc) is 2.48. The van der Waals surface area contributed by atoms with Crippen molar-refractivity contribution >= 4 is 5.91 Å². The van der Waals surface area contributed by atoms with Gasteiger partial charge < -0.3 is 10.3 Å². The lowest BCUT2D eigenvalue weighted by atomic mass is 10.3. The van der Waals surface area contributed by atoms with E-state index in [0.29, 0.717) is 6.42 Å². The number of amides is 1. The fourth-order valence-electron chi connectivity index (χ4n) is 0.997. The van der Waals surface area contributed by atoms with Crippen molar-refractivity contribution in [2.75, 3.05) is 6.54 Å². The minimum Gasteiger partial charge on any atom is -0.356 e. The molecule has 4 nitrogen and oxygen atoms in total. The summed E-state index contributed by atoms with van der Waals surface area (Å²) in [5.41, 5.74) is 0.742. The van der Waals surface area contributed by atoms with Gasteiger partial charge in [0, 0.05) is 6.54 Å². The molecule has 0 fully saturated rings. The maximum Gasteiger partial charge on any atom is 0.226 e. The Bertz CT molecular complexity index is 280. The van der Waals surface area contributed by atoms with Gasteiger partial charge in [-0.15, -0.1) is 0 Å². The van der Waals surface area contributed by atoms with Crippen LogP contribution in [0.3, 0.4) is 0 Å². The molecule has 1 aromatic rings. The highest BCUT2D eigenvalue weighted by Crippen LogP contribution is 1.95. The van der Waals surface area contributed by atoms with Crippen molar-refractivity contribution < 1.29 is 4.79 Å². The summed E-state index contributed by atoms with van der Waals surface area (Å²) in [4.78, 5) is 18.0. The van der Waals surface area contributed by atoms with E-state index in [1.54, 1.807) is 0 Å². The van der Waals surface area contributed by atoms with E-state index in [9.17, 15) is 4.79 Å². The Balaban J connectivity index is 2.36. The first kappa shape index (κ1) is 9.77. The molecule has 1 amide bonds. The van der Waals surface area contributed by atoms with Crippen molar-refractivity contribution in [1.29, 1.82) is 0 Å². The van der Waals surface area contributed by atoms with Gasteiger partial charge in [-0.05, 0) is 13.3 Å². The van der Waals surface area contributed by atoms with Gasteiger partial charge in [0.2, 0.25) is 5.91 Å². The van der Waals surface area contributed by atoms with E-state index < -0.39 is 0 Å². The summed E-state index contributed by atoms with van der Waals surface area (Å²) >= 11 is 0. The van der Waals surface area contributed by atoms with Crippen molar-refractivity contribution in [2.24, 2.45) is 0 Å². The topological polar surface area (TPSA) is 57.8 Å². The molecule has 0 aliphatic carbocycles. The summed E-state index contributed by atoms with van der Waals surface area (Å²) in [7, 11) is 0. The Labute approximate surface area is 77.8 Å². The Morgan fingerprint density at radius 1 is 1.69 bits per heavy atom. The average molecular weight is 180 g/mol. The van der Waals surface area contributed by atoms with Gasteiger partial charge in [-0.1, -0.05) is 6.92 Å². The Kier molecular flexibility index (Phi) is 3.49. The zero-order chi connectivity index (χ0) is 9.68. The highest BCUT2D eigenvalue weighted by atomic mass is 16.1. The van der Waals surface area contributed by atoms with Crippen LogP contribution >= 0.6 is 0 Å². The second-order valence-electron chi connectivity index (χ2n) is 2.94. The molecule has 1 rings (SSSR count). The molecule has 13 heavy (non-hydrogen) atoms. The van der Waals surface area contributed by atoms with Crippen molar-refractivity contribution in [1.82, 2.24) is 15.3 Å². The van der Waals surface area contributed by atoms with Crippen LogP contribution in [0, 0.1) is 13.1 Å². The molecular formula is C9H14N3O. The first-order valence-corrected chi connectivity index (χ1v) is 4.42. The summed E-state index contributed by atoms with van der Waals surface area (Å²) in [6.07, 6.45) is 4.04. The molecule has 2 N–H and O–H groups in total. The second kappa shape index (κ2) is 4.64. The van der Waals surface area contributed by atoms with Crippen LogP contribution in [0.4, 0.5) is 0 Å². The summed E-state index contributed by atoms with van der Waals surface area (Å²) in [6.45, 7) is 4.59. The summed E-state index contributed by atoms with van der Waals surface area (Å²) in [5.74, 6) is 0.806. The summed E-state index contributed by atoms with van der Waals surface area (Å²) < 4.78 is 0. The number of H-pyrrole nitrogens is 1. The Morgan fingerprint density at radius 2 is 2.46 bits per heavy atom. The number of imidazole rings is 1. The van der Waals surface area contributed by atoms with Gasteiger partial charge in [0.05, 0.1) is 12.1 Å². The van der Waals surface area contributed by atoms with E-state index in [1.807, 2.05) is 13.8 Å². The fraction of sp³-hybridized carbons (Fsp3) is 0.556. The smallest absolute Gasteiger partial charge is 0.226 e. The van der Waals surface area contributed by atoms with Gasteiger partial charge in [0.15, 0.2) is 0 Å². The number of carbonyl (C=O) groups excluding carboxylic acids is 1. The van der Waals surface area contributed by atoms with Gasteiger partial charge in [0.25, 0.3) is 0 Å². The zero-order valence-corrected chi connectivity index (χ0v) is 7.98. The Hall–Kier alpha value is -1.32. The molecular weight excluding hydrogens is 166 g/mol. The third-order valence-corrected chi connectivity index (χ3v) is 1.60. The molecule has 0 bridgehead atoms. The lowest BCUT2D eigenvalue weighted by Crippen LogP contribution is -2.25. The van der Waals surface area contributed by atoms with Crippen LogP contribution in [0.1, 0.15) is 24.9 Å². The number of aromatic amines is 1. The molecule has 1 heterocycles. The molecule has 0 unspecified atom stereocenters. The van der Waals surface area contributed by atoms with Crippen LogP contribution in [0.5, 0.6) is 0 Å². The second-order valence-corrected chi connectivity index (χ2v) is 2.94. The highest BCUT2D eigenvalue weighted by molar-refractivity contribution is 5.77. The molecule has 71 valence electrons. The molecule has 1 aromatic heterocycles. The number of hydrogen-bond acceptors (Lipinski definition) is 2. The number of nitrogens with one attached hydrogen (secondary N) is 2. The molecule has 0 aromatic carbocycles. The maximum atomic E-state index is 11.2. The van der Waals surface area contributed by atoms with Gasteiger partial charge in [-0.25, -0.2) is 4.98 Å². The number of nitrogens with zero attached hydrogens (tertiary/aromatic N) is 1. The maximum absolute atomic E-state index is 11.2. The van der Waals surface area contributed by atoms with E-state index >= 15 is 0 Å². The van der Waals surface area contributed by atoms with E-state index in [4.69, 9.17) is 0 Å². The lowest BCUT2D eigenvalue weighted by molar-refractivity contribution is -0.120. The molecule has 0 saturated carbocycles. The SMILES string of the molecule is CCCNC(=O)Cc1[c]nc(C)[nH]1. The van der Waals surface area contributed by atoms with Crippen LogP contribution in [0.25, 0.3) is 0 Å². The quantitative estimate of drug-likeness (QED) is 0.712. The fourth-order valence-corrected chi connectivity index (χ4v) is 0.997. The van der Waals surface area contributed by atoms with Gasteiger partial charge in [-0.2, -0.15) is 0 Å². The first-order valence-electron chi connectivity index (χ1n) is 4.42. The monoisotopic (exact) mass is 180 g/mol. The van der Waals surface area contributed by atoms with Crippen molar-refractivity contribution in [3.63, 3.8) is 0 Å². The summed E-state index contributed by atoms with van der Waals surface area (Å²) in [5, 5.41) is 2.78. The zero-order valence-electron chi connectivity index (χ0n) is 7.98. The van der Waals surface area contributed by atoms with Crippen molar-refractivity contribution in [2.45, 2.75) is 26.7 Å². The highest BCUT2D eigenvalue weighted by Gasteiger charge is 2.04. The molecule has 0 atom stereocenters. The Morgan fingerprint density at radius 3 is 3.00 bits per heavy atom. The minimum atomic E-state index is 0.0155. The van der Waals surface area contributed by atoms with E-state index in [0.717, 1.165) is 24.5 Å². The van der Waals surface area contributed by atoms with Crippen LogP contribution in [-0.2, 0) is 11.2 Å². The third-order valence-electron chi connectivity index (χ3n) is 1.60. The molecule has 0 aliphatic heterocycles. The number of rotatable bonds is 4. The molecule has 0 spiro atoms.